The number of hydrogen-bond acceptors (Lipinski definition) is 3. The van der Waals surface area contributed by atoms with E-state index < -0.39 is 16.3 Å². The lowest BCUT2D eigenvalue weighted by Gasteiger charge is -2.31. The molecule has 1 saturated carbocycles. The maximum atomic E-state index is 11.3. The van der Waals surface area contributed by atoms with Gasteiger partial charge in [-0.3, -0.25) is 9.59 Å². The lowest BCUT2D eigenvalue weighted by atomic mass is 9.75. The highest BCUT2D eigenvalue weighted by Gasteiger charge is 2.69. The summed E-state index contributed by atoms with van der Waals surface area (Å²) >= 11 is 5.50. The van der Waals surface area contributed by atoms with Crippen LogP contribution in [-0.4, -0.2) is 16.8 Å². The number of carbonyl (C=O) groups is 2. The highest BCUT2D eigenvalue weighted by atomic mass is 35.5. The van der Waals surface area contributed by atoms with Crippen molar-refractivity contribution in [1.82, 2.24) is 0 Å². The molecule has 0 aromatic rings. The second kappa shape index (κ2) is 2.27. The predicted octanol–water partition coefficient (Wildman–Crippen LogP) is 1.48. The van der Waals surface area contributed by atoms with Crippen LogP contribution >= 0.6 is 11.6 Å². The highest BCUT2D eigenvalue weighted by Crippen LogP contribution is 2.58. The number of halogens is 1. The first-order chi connectivity index (χ1) is 5.92. The average molecular weight is 203 g/mol. The second-order valence-electron chi connectivity index (χ2n) is 4.33. The summed E-state index contributed by atoms with van der Waals surface area (Å²) in [6, 6.07) is 0. The van der Waals surface area contributed by atoms with Crippen molar-refractivity contribution in [3.63, 3.8) is 0 Å². The molecule has 4 heteroatoms. The van der Waals surface area contributed by atoms with Gasteiger partial charge in [0.15, 0.2) is 5.60 Å². The van der Waals surface area contributed by atoms with E-state index in [0.29, 0.717) is 12.8 Å². The van der Waals surface area contributed by atoms with Crippen LogP contribution in [0.3, 0.4) is 0 Å². The van der Waals surface area contributed by atoms with Gasteiger partial charge in [-0.1, -0.05) is 13.8 Å². The van der Waals surface area contributed by atoms with E-state index in [4.69, 9.17) is 16.3 Å². The van der Waals surface area contributed by atoms with Crippen molar-refractivity contribution in [3.05, 3.63) is 0 Å². The molecule has 13 heavy (non-hydrogen) atoms. The molecule has 1 aliphatic carbocycles. The molecule has 1 unspecified atom stereocenters. The summed E-state index contributed by atoms with van der Waals surface area (Å²) in [6.45, 7) is 3.74. The standard InChI is InChI=1S/C9H11ClO3/c1-8(2)5-3-4-9(8,7(10)12)13-6(5)11/h5H,3-4H2,1-2H3/t5?,9-/m1/s1. The lowest BCUT2D eigenvalue weighted by molar-refractivity contribution is -0.161. The summed E-state index contributed by atoms with van der Waals surface area (Å²) in [5.41, 5.74) is -1.49. The van der Waals surface area contributed by atoms with E-state index in [1.165, 1.54) is 0 Å². The largest absolute Gasteiger partial charge is 0.449 e. The van der Waals surface area contributed by atoms with Crippen LogP contribution in [0.2, 0.25) is 0 Å². The smallest absolute Gasteiger partial charge is 0.310 e. The first-order valence-corrected chi connectivity index (χ1v) is 4.72. The number of carbonyl (C=O) groups excluding carboxylic acids is 2. The predicted molar refractivity (Wildman–Crippen MR) is 46.2 cm³/mol. The Morgan fingerprint density at radius 2 is 2.23 bits per heavy atom. The van der Waals surface area contributed by atoms with Crippen LogP contribution in [0.15, 0.2) is 0 Å². The van der Waals surface area contributed by atoms with Crippen LogP contribution in [0.5, 0.6) is 0 Å². The molecule has 2 bridgehead atoms. The molecule has 0 N–H and O–H groups in total. The van der Waals surface area contributed by atoms with Crippen LogP contribution in [0.25, 0.3) is 0 Å². The molecule has 2 aliphatic rings. The minimum absolute atomic E-state index is 0.157. The molecule has 3 nitrogen and oxygen atoms in total. The molecule has 1 heterocycles. The molecule has 2 atom stereocenters. The summed E-state index contributed by atoms with van der Waals surface area (Å²) in [4.78, 5) is 22.6. The van der Waals surface area contributed by atoms with Crippen LogP contribution in [0, 0.1) is 11.3 Å². The van der Waals surface area contributed by atoms with Crippen molar-refractivity contribution in [3.8, 4) is 0 Å². The zero-order valence-electron chi connectivity index (χ0n) is 7.59. The Balaban J connectivity index is 2.51. The number of fused-ring (bicyclic) bond motifs is 2. The Morgan fingerprint density at radius 3 is 2.46 bits per heavy atom. The minimum Gasteiger partial charge on any atom is -0.449 e. The molecule has 0 radical (unpaired) electrons. The number of hydrogen-bond donors (Lipinski definition) is 0. The van der Waals surface area contributed by atoms with Crippen molar-refractivity contribution in [2.45, 2.75) is 32.3 Å². The molecular weight excluding hydrogens is 192 g/mol. The van der Waals surface area contributed by atoms with Gasteiger partial charge in [-0.2, -0.15) is 0 Å². The summed E-state index contributed by atoms with van der Waals surface area (Å²) in [7, 11) is 0. The first-order valence-electron chi connectivity index (χ1n) is 4.34. The van der Waals surface area contributed by atoms with Crippen molar-refractivity contribution in [2.75, 3.05) is 0 Å². The Labute approximate surface area is 81.4 Å². The number of esters is 1. The van der Waals surface area contributed by atoms with Crippen molar-refractivity contribution in [2.24, 2.45) is 11.3 Å². The van der Waals surface area contributed by atoms with E-state index >= 15 is 0 Å². The fourth-order valence-corrected chi connectivity index (χ4v) is 2.92. The van der Waals surface area contributed by atoms with E-state index in [1.54, 1.807) is 0 Å². The van der Waals surface area contributed by atoms with Gasteiger partial charge in [0.2, 0.25) is 0 Å². The van der Waals surface area contributed by atoms with Crippen molar-refractivity contribution < 1.29 is 14.3 Å². The molecule has 1 saturated heterocycles. The molecule has 0 amide bonds. The lowest BCUT2D eigenvalue weighted by Crippen LogP contribution is -2.44. The summed E-state index contributed by atoms with van der Waals surface area (Å²) < 4.78 is 5.10. The van der Waals surface area contributed by atoms with Gasteiger partial charge in [0.05, 0.1) is 5.92 Å². The zero-order valence-corrected chi connectivity index (χ0v) is 8.35. The second-order valence-corrected chi connectivity index (χ2v) is 4.68. The van der Waals surface area contributed by atoms with Crippen LogP contribution < -0.4 is 0 Å². The summed E-state index contributed by atoms with van der Waals surface area (Å²) in [5, 5.41) is -0.536. The molecule has 0 aromatic heterocycles. The highest BCUT2D eigenvalue weighted by molar-refractivity contribution is 6.65. The van der Waals surface area contributed by atoms with Gasteiger partial charge in [-0.25, -0.2) is 0 Å². The maximum Gasteiger partial charge on any atom is 0.310 e. The third-order valence-electron chi connectivity index (χ3n) is 3.57. The Hall–Kier alpha value is -0.570. The van der Waals surface area contributed by atoms with Gasteiger partial charge in [0, 0.05) is 5.41 Å². The number of rotatable bonds is 1. The quantitative estimate of drug-likeness (QED) is 0.478. The van der Waals surface area contributed by atoms with E-state index in [0.717, 1.165) is 0 Å². The molecule has 72 valence electrons. The van der Waals surface area contributed by atoms with Gasteiger partial charge in [0.1, 0.15) is 0 Å². The van der Waals surface area contributed by atoms with Gasteiger partial charge >= 0.3 is 5.97 Å². The third-order valence-corrected chi connectivity index (χ3v) is 3.88. The molecule has 0 spiro atoms. The summed E-state index contributed by atoms with van der Waals surface area (Å²) in [6.07, 6.45) is 1.28. The molecule has 2 rings (SSSR count). The molecular formula is C9H11ClO3. The van der Waals surface area contributed by atoms with E-state index in [-0.39, 0.29) is 11.9 Å². The maximum absolute atomic E-state index is 11.3. The summed E-state index contributed by atoms with van der Waals surface area (Å²) in [5.74, 6) is -0.430. The van der Waals surface area contributed by atoms with Crippen LogP contribution in [-0.2, 0) is 14.3 Å². The Bertz CT molecular complexity index is 297. The molecule has 2 fully saturated rings. The van der Waals surface area contributed by atoms with Crippen LogP contribution in [0.1, 0.15) is 26.7 Å². The van der Waals surface area contributed by atoms with E-state index in [1.807, 2.05) is 13.8 Å². The number of ether oxygens (including phenoxy) is 1. The Morgan fingerprint density at radius 1 is 1.62 bits per heavy atom. The van der Waals surface area contributed by atoms with E-state index in [2.05, 4.69) is 0 Å². The van der Waals surface area contributed by atoms with Crippen LogP contribution in [0.4, 0.5) is 0 Å². The first kappa shape index (κ1) is 9.00. The minimum atomic E-state index is -1.05. The monoisotopic (exact) mass is 202 g/mol. The van der Waals surface area contributed by atoms with Crippen molar-refractivity contribution in [1.29, 1.82) is 0 Å². The zero-order chi connectivity index (χ0) is 9.85. The normalized spacial score (nSPS) is 40.5. The third kappa shape index (κ3) is 0.810. The Kier molecular flexibility index (Phi) is 1.57. The van der Waals surface area contributed by atoms with E-state index in [9.17, 15) is 9.59 Å². The van der Waals surface area contributed by atoms with Crippen molar-refractivity contribution >= 4 is 22.8 Å². The topological polar surface area (TPSA) is 43.4 Å². The molecule has 0 aromatic carbocycles. The van der Waals surface area contributed by atoms with Gasteiger partial charge in [-0.15, -0.1) is 0 Å². The van der Waals surface area contributed by atoms with Gasteiger partial charge < -0.3 is 4.74 Å². The SMILES string of the molecule is CC1(C)C2CC[C@]1(C(=O)Cl)OC2=O. The fraction of sp³-hybridized carbons (Fsp3) is 0.778. The van der Waals surface area contributed by atoms with Gasteiger partial charge in [0.25, 0.3) is 5.24 Å². The average Bonchev–Trinajstić information content (AvgIpc) is 2.35. The fourth-order valence-electron chi connectivity index (χ4n) is 2.54. The molecule has 1 aliphatic heterocycles. The van der Waals surface area contributed by atoms with Gasteiger partial charge in [-0.05, 0) is 24.4 Å².